The number of benzene rings is 1. The number of nitrogens with zero attached hydrogens (tertiary/aromatic N) is 3. The van der Waals surface area contributed by atoms with Crippen LogP contribution in [0.1, 0.15) is 10.5 Å². The number of nitro groups is 1. The van der Waals surface area contributed by atoms with E-state index in [1.165, 1.54) is 22.9 Å². The van der Waals surface area contributed by atoms with E-state index in [2.05, 4.69) is 5.10 Å². The fraction of sp³-hybridized carbons (Fsp3) is 0. The number of carbonyl (C=O) groups is 1. The molecule has 16 heavy (non-hydrogen) atoms. The second kappa shape index (κ2) is 3.93. The number of hydrogen-bond acceptors (Lipinski definition) is 4. The summed E-state index contributed by atoms with van der Waals surface area (Å²) in [7, 11) is 0. The SMILES string of the molecule is O=Cc1ccn(-c2cccc([N+](=O)[O-])c2)n1. The Kier molecular flexibility index (Phi) is 2.47. The van der Waals surface area contributed by atoms with Crippen molar-refractivity contribution in [1.29, 1.82) is 0 Å². The molecule has 1 aromatic carbocycles. The lowest BCUT2D eigenvalue weighted by molar-refractivity contribution is -0.384. The zero-order valence-corrected chi connectivity index (χ0v) is 8.11. The van der Waals surface area contributed by atoms with Gasteiger partial charge in [0, 0.05) is 18.3 Å². The number of aromatic nitrogens is 2. The quantitative estimate of drug-likeness (QED) is 0.444. The van der Waals surface area contributed by atoms with Crippen LogP contribution in [0.4, 0.5) is 5.69 Å². The van der Waals surface area contributed by atoms with Gasteiger partial charge in [0.15, 0.2) is 6.29 Å². The highest BCUT2D eigenvalue weighted by atomic mass is 16.6. The van der Waals surface area contributed by atoms with Crippen LogP contribution in [0.5, 0.6) is 0 Å². The second-order valence-electron chi connectivity index (χ2n) is 3.08. The minimum atomic E-state index is -0.479. The molecule has 80 valence electrons. The molecule has 0 spiro atoms. The fourth-order valence-corrected chi connectivity index (χ4v) is 1.29. The van der Waals surface area contributed by atoms with Gasteiger partial charge in [-0.25, -0.2) is 4.68 Å². The van der Waals surface area contributed by atoms with Crippen LogP contribution < -0.4 is 0 Å². The van der Waals surface area contributed by atoms with Crippen LogP contribution in [0.2, 0.25) is 0 Å². The van der Waals surface area contributed by atoms with Crippen LogP contribution in [-0.4, -0.2) is 21.0 Å². The molecule has 0 radical (unpaired) electrons. The van der Waals surface area contributed by atoms with Gasteiger partial charge in [-0.05, 0) is 12.1 Å². The Morgan fingerprint density at radius 3 is 2.81 bits per heavy atom. The van der Waals surface area contributed by atoms with Crippen molar-refractivity contribution in [3.8, 4) is 5.69 Å². The van der Waals surface area contributed by atoms with E-state index in [9.17, 15) is 14.9 Å². The Hall–Kier alpha value is -2.50. The predicted molar refractivity (Wildman–Crippen MR) is 55.6 cm³/mol. The molecule has 1 heterocycles. The smallest absolute Gasteiger partial charge is 0.271 e. The lowest BCUT2D eigenvalue weighted by Gasteiger charge is -1.99. The first kappa shape index (κ1) is 10.0. The molecule has 0 saturated heterocycles. The van der Waals surface area contributed by atoms with E-state index in [-0.39, 0.29) is 11.4 Å². The normalized spacial score (nSPS) is 10.0. The van der Waals surface area contributed by atoms with Crippen LogP contribution in [0, 0.1) is 10.1 Å². The minimum Gasteiger partial charge on any atom is -0.296 e. The summed E-state index contributed by atoms with van der Waals surface area (Å²) in [6.07, 6.45) is 2.19. The Bertz CT molecular complexity index is 548. The molecule has 0 N–H and O–H groups in total. The van der Waals surface area contributed by atoms with Gasteiger partial charge in [0.2, 0.25) is 0 Å². The minimum absolute atomic E-state index is 0.0133. The molecule has 0 bridgehead atoms. The van der Waals surface area contributed by atoms with Crippen molar-refractivity contribution in [2.75, 3.05) is 0 Å². The molecule has 0 saturated carbocycles. The number of non-ortho nitro benzene ring substituents is 1. The van der Waals surface area contributed by atoms with Gasteiger partial charge in [0.25, 0.3) is 5.69 Å². The topological polar surface area (TPSA) is 78.0 Å². The van der Waals surface area contributed by atoms with Gasteiger partial charge >= 0.3 is 0 Å². The van der Waals surface area contributed by atoms with Crippen LogP contribution >= 0.6 is 0 Å². The van der Waals surface area contributed by atoms with Crippen molar-refractivity contribution in [3.05, 3.63) is 52.3 Å². The summed E-state index contributed by atoms with van der Waals surface area (Å²) in [4.78, 5) is 20.5. The van der Waals surface area contributed by atoms with Crippen LogP contribution in [-0.2, 0) is 0 Å². The van der Waals surface area contributed by atoms with E-state index in [0.29, 0.717) is 12.0 Å². The van der Waals surface area contributed by atoms with Gasteiger partial charge in [0.05, 0.1) is 10.6 Å². The Morgan fingerprint density at radius 2 is 2.19 bits per heavy atom. The first-order chi connectivity index (χ1) is 7.70. The standard InChI is InChI=1S/C10H7N3O3/c14-7-8-4-5-12(11-8)9-2-1-3-10(6-9)13(15)16/h1-7H. The van der Waals surface area contributed by atoms with E-state index in [4.69, 9.17) is 0 Å². The summed E-state index contributed by atoms with van der Waals surface area (Å²) in [6.45, 7) is 0. The van der Waals surface area contributed by atoms with Gasteiger partial charge < -0.3 is 0 Å². The molecule has 6 heteroatoms. The summed E-state index contributed by atoms with van der Waals surface area (Å²) in [5.41, 5.74) is 0.814. The molecule has 0 aliphatic heterocycles. The summed E-state index contributed by atoms with van der Waals surface area (Å²) >= 11 is 0. The van der Waals surface area contributed by atoms with Gasteiger partial charge in [-0.1, -0.05) is 6.07 Å². The van der Waals surface area contributed by atoms with Crippen molar-refractivity contribution in [2.45, 2.75) is 0 Å². The zero-order valence-electron chi connectivity index (χ0n) is 8.11. The largest absolute Gasteiger partial charge is 0.296 e. The molecule has 6 nitrogen and oxygen atoms in total. The van der Waals surface area contributed by atoms with Crippen LogP contribution in [0.15, 0.2) is 36.5 Å². The van der Waals surface area contributed by atoms with E-state index in [1.54, 1.807) is 18.3 Å². The van der Waals surface area contributed by atoms with Gasteiger partial charge in [-0.15, -0.1) is 0 Å². The van der Waals surface area contributed by atoms with Crippen LogP contribution in [0.25, 0.3) is 5.69 Å². The summed E-state index contributed by atoms with van der Waals surface area (Å²) in [6, 6.07) is 7.56. The highest BCUT2D eigenvalue weighted by molar-refractivity contribution is 5.71. The molecule has 1 aromatic heterocycles. The third-order valence-electron chi connectivity index (χ3n) is 2.04. The van der Waals surface area contributed by atoms with Crippen molar-refractivity contribution >= 4 is 12.0 Å². The maximum absolute atomic E-state index is 10.6. The van der Waals surface area contributed by atoms with Gasteiger partial charge in [-0.2, -0.15) is 5.10 Å². The number of hydrogen-bond donors (Lipinski definition) is 0. The molecule has 0 unspecified atom stereocenters. The maximum atomic E-state index is 10.6. The van der Waals surface area contributed by atoms with Crippen molar-refractivity contribution < 1.29 is 9.72 Å². The van der Waals surface area contributed by atoms with E-state index < -0.39 is 4.92 Å². The molecular formula is C10H7N3O3. The number of rotatable bonds is 3. The summed E-state index contributed by atoms with van der Waals surface area (Å²) in [5.74, 6) is 0. The molecule has 2 aromatic rings. The van der Waals surface area contributed by atoms with Crippen molar-refractivity contribution in [1.82, 2.24) is 9.78 Å². The van der Waals surface area contributed by atoms with Gasteiger partial charge in [-0.3, -0.25) is 14.9 Å². The first-order valence-electron chi connectivity index (χ1n) is 4.46. The van der Waals surface area contributed by atoms with Crippen LogP contribution in [0.3, 0.4) is 0 Å². The average Bonchev–Trinajstić information content (AvgIpc) is 2.77. The van der Waals surface area contributed by atoms with E-state index >= 15 is 0 Å². The number of carbonyl (C=O) groups excluding carboxylic acids is 1. The third-order valence-corrected chi connectivity index (χ3v) is 2.04. The molecule has 0 aliphatic carbocycles. The molecule has 0 amide bonds. The molecule has 2 rings (SSSR count). The predicted octanol–water partition coefficient (Wildman–Crippen LogP) is 1.59. The highest BCUT2D eigenvalue weighted by Crippen LogP contribution is 2.15. The van der Waals surface area contributed by atoms with E-state index in [1.807, 2.05) is 0 Å². The molecule has 0 fully saturated rings. The Balaban J connectivity index is 2.43. The monoisotopic (exact) mass is 217 g/mol. The number of aldehydes is 1. The first-order valence-corrected chi connectivity index (χ1v) is 4.46. The van der Waals surface area contributed by atoms with Crippen molar-refractivity contribution in [3.63, 3.8) is 0 Å². The summed E-state index contributed by atoms with van der Waals surface area (Å²) in [5, 5.41) is 14.5. The van der Waals surface area contributed by atoms with E-state index in [0.717, 1.165) is 0 Å². The lowest BCUT2D eigenvalue weighted by atomic mass is 10.3. The fourth-order valence-electron chi connectivity index (χ4n) is 1.29. The molecule has 0 atom stereocenters. The zero-order chi connectivity index (χ0) is 11.5. The summed E-state index contributed by atoms with van der Waals surface area (Å²) < 4.78 is 1.41. The lowest BCUT2D eigenvalue weighted by Crippen LogP contribution is -1.97. The van der Waals surface area contributed by atoms with Crippen molar-refractivity contribution in [2.24, 2.45) is 0 Å². The maximum Gasteiger partial charge on any atom is 0.271 e. The second-order valence-corrected chi connectivity index (χ2v) is 3.08. The highest BCUT2D eigenvalue weighted by Gasteiger charge is 2.07. The number of nitro benzene ring substituents is 1. The average molecular weight is 217 g/mol. The Labute approximate surface area is 90.3 Å². The van der Waals surface area contributed by atoms with Gasteiger partial charge in [0.1, 0.15) is 5.69 Å². The molecule has 0 aliphatic rings. The third kappa shape index (κ3) is 1.81. The molecular weight excluding hydrogens is 210 g/mol. The Morgan fingerprint density at radius 1 is 1.38 bits per heavy atom.